The minimum absolute atomic E-state index is 0. The highest BCUT2D eigenvalue weighted by Crippen LogP contribution is 2.28. The molecule has 0 radical (unpaired) electrons. The number of amides is 1. The van der Waals surface area contributed by atoms with Crippen LogP contribution in [0.5, 0.6) is 0 Å². The van der Waals surface area contributed by atoms with E-state index in [1.807, 2.05) is 47.4 Å². The summed E-state index contributed by atoms with van der Waals surface area (Å²) in [5.41, 5.74) is 3.15. The maximum Gasteiger partial charge on any atom is 0.246 e. The zero-order chi connectivity index (χ0) is 16.2. The molecule has 5 heteroatoms. The fourth-order valence-electron chi connectivity index (χ4n) is 3.07. The van der Waals surface area contributed by atoms with Crippen LogP contribution in [0.15, 0.2) is 54.6 Å². The summed E-state index contributed by atoms with van der Waals surface area (Å²) in [4.78, 5) is 17.0. The first-order chi connectivity index (χ1) is 11.2. The topological polar surface area (TPSA) is 35.6 Å². The van der Waals surface area contributed by atoms with E-state index < -0.39 is 0 Å². The fraction of sp³-hybridized carbons (Fsp3) is 0.316. The molecular formula is C19H24ClN3O. The Labute approximate surface area is 149 Å². The molecule has 0 unspecified atom stereocenters. The molecule has 1 aliphatic heterocycles. The van der Waals surface area contributed by atoms with Gasteiger partial charge in [0, 0.05) is 24.8 Å². The highest BCUT2D eigenvalue weighted by molar-refractivity contribution is 5.97. The Hall–Kier alpha value is -2.20. The van der Waals surface area contributed by atoms with Crippen LogP contribution in [0, 0.1) is 0 Å². The Kier molecular flexibility index (Phi) is 6.10. The number of hydrogen-bond acceptors (Lipinski definition) is 3. The predicted molar refractivity (Wildman–Crippen MR) is 103 cm³/mol. The van der Waals surface area contributed by atoms with Crippen molar-refractivity contribution in [3.63, 3.8) is 0 Å². The van der Waals surface area contributed by atoms with Gasteiger partial charge in [-0.05, 0) is 38.1 Å². The molecule has 0 aromatic heterocycles. The standard InChI is InChI=1S/C19H23N3O.ClH/c1-15(2)22(16-8-4-3-5-9-16)19(23)14-21-13-12-20-17-10-6-7-11-18(17)21;/h3-11,15,20H,12-14H2,1-2H3;1H. The molecule has 0 saturated heterocycles. The first-order valence-electron chi connectivity index (χ1n) is 8.12. The van der Waals surface area contributed by atoms with Crippen molar-refractivity contribution >= 4 is 35.4 Å². The third kappa shape index (κ3) is 3.82. The number of para-hydroxylation sites is 3. The average Bonchev–Trinajstić information content (AvgIpc) is 2.56. The maximum absolute atomic E-state index is 12.9. The van der Waals surface area contributed by atoms with Gasteiger partial charge in [-0.15, -0.1) is 12.4 Å². The Bertz CT molecular complexity index is 675. The van der Waals surface area contributed by atoms with Crippen LogP contribution in [-0.4, -0.2) is 31.6 Å². The summed E-state index contributed by atoms with van der Waals surface area (Å²) in [5, 5.41) is 3.38. The van der Waals surface area contributed by atoms with Crippen molar-refractivity contribution in [1.82, 2.24) is 0 Å². The summed E-state index contributed by atoms with van der Waals surface area (Å²) in [6.45, 7) is 6.19. The van der Waals surface area contributed by atoms with E-state index in [9.17, 15) is 4.79 Å². The second-order valence-corrected chi connectivity index (χ2v) is 6.06. The van der Waals surface area contributed by atoms with Crippen molar-refractivity contribution in [2.75, 3.05) is 34.8 Å². The fourth-order valence-corrected chi connectivity index (χ4v) is 3.07. The number of halogens is 1. The molecule has 4 nitrogen and oxygen atoms in total. The lowest BCUT2D eigenvalue weighted by Crippen LogP contribution is -2.46. The molecule has 0 aliphatic carbocycles. The van der Waals surface area contributed by atoms with E-state index in [-0.39, 0.29) is 24.4 Å². The highest BCUT2D eigenvalue weighted by atomic mass is 35.5. The smallest absolute Gasteiger partial charge is 0.246 e. The lowest BCUT2D eigenvalue weighted by molar-refractivity contribution is -0.117. The second-order valence-electron chi connectivity index (χ2n) is 6.06. The molecule has 24 heavy (non-hydrogen) atoms. The summed E-state index contributed by atoms with van der Waals surface area (Å²) in [6.07, 6.45) is 0. The van der Waals surface area contributed by atoms with E-state index in [1.54, 1.807) is 0 Å². The molecule has 3 rings (SSSR count). The molecule has 1 amide bonds. The average molecular weight is 346 g/mol. The van der Waals surface area contributed by atoms with E-state index in [0.717, 1.165) is 30.2 Å². The van der Waals surface area contributed by atoms with Gasteiger partial charge in [0.15, 0.2) is 0 Å². The molecule has 0 spiro atoms. The number of carbonyl (C=O) groups is 1. The van der Waals surface area contributed by atoms with E-state index in [1.165, 1.54) is 0 Å². The van der Waals surface area contributed by atoms with Crippen molar-refractivity contribution in [2.24, 2.45) is 0 Å². The highest BCUT2D eigenvalue weighted by Gasteiger charge is 2.24. The number of nitrogens with zero attached hydrogens (tertiary/aromatic N) is 2. The maximum atomic E-state index is 12.9. The third-order valence-corrected chi connectivity index (χ3v) is 4.09. The van der Waals surface area contributed by atoms with E-state index in [4.69, 9.17) is 0 Å². The normalized spacial score (nSPS) is 12.9. The largest absolute Gasteiger partial charge is 0.382 e. The summed E-state index contributed by atoms with van der Waals surface area (Å²) < 4.78 is 0. The number of benzene rings is 2. The van der Waals surface area contributed by atoms with Gasteiger partial charge in [0.2, 0.25) is 5.91 Å². The van der Waals surface area contributed by atoms with Gasteiger partial charge in [0.05, 0.1) is 17.9 Å². The van der Waals surface area contributed by atoms with Gasteiger partial charge in [-0.3, -0.25) is 4.79 Å². The lowest BCUT2D eigenvalue weighted by atomic mass is 10.2. The van der Waals surface area contributed by atoms with Crippen LogP contribution in [0.25, 0.3) is 0 Å². The monoisotopic (exact) mass is 345 g/mol. The number of nitrogens with one attached hydrogen (secondary N) is 1. The van der Waals surface area contributed by atoms with E-state index in [0.29, 0.717) is 6.54 Å². The summed E-state index contributed by atoms with van der Waals surface area (Å²) in [6, 6.07) is 18.2. The second kappa shape index (κ2) is 8.06. The van der Waals surface area contributed by atoms with Gasteiger partial charge in [-0.2, -0.15) is 0 Å². The Morgan fingerprint density at radius 3 is 2.50 bits per heavy atom. The van der Waals surface area contributed by atoms with Crippen LogP contribution in [-0.2, 0) is 4.79 Å². The van der Waals surface area contributed by atoms with Gasteiger partial charge in [0.1, 0.15) is 0 Å². The SMILES string of the molecule is CC(C)N(C(=O)CN1CCNc2ccccc21)c1ccccc1.Cl. The zero-order valence-electron chi connectivity index (χ0n) is 14.1. The van der Waals surface area contributed by atoms with Crippen LogP contribution < -0.4 is 15.1 Å². The van der Waals surface area contributed by atoms with Crippen molar-refractivity contribution in [1.29, 1.82) is 0 Å². The first-order valence-corrected chi connectivity index (χ1v) is 8.12. The quantitative estimate of drug-likeness (QED) is 0.916. The molecule has 0 saturated carbocycles. The number of rotatable bonds is 4. The molecule has 1 N–H and O–H groups in total. The Morgan fingerprint density at radius 2 is 1.79 bits per heavy atom. The van der Waals surface area contributed by atoms with Crippen molar-refractivity contribution < 1.29 is 4.79 Å². The number of anilines is 3. The minimum Gasteiger partial charge on any atom is -0.382 e. The van der Waals surface area contributed by atoms with E-state index in [2.05, 4.69) is 36.2 Å². The number of fused-ring (bicyclic) bond motifs is 1. The number of carbonyl (C=O) groups excluding carboxylic acids is 1. The molecule has 0 fully saturated rings. The number of hydrogen-bond donors (Lipinski definition) is 1. The molecule has 0 atom stereocenters. The third-order valence-electron chi connectivity index (χ3n) is 4.09. The van der Waals surface area contributed by atoms with Crippen LogP contribution >= 0.6 is 12.4 Å². The first kappa shape index (κ1) is 18.1. The van der Waals surface area contributed by atoms with Gasteiger partial charge >= 0.3 is 0 Å². The molecule has 2 aromatic carbocycles. The van der Waals surface area contributed by atoms with Crippen molar-refractivity contribution in [3.8, 4) is 0 Å². The Morgan fingerprint density at radius 1 is 1.12 bits per heavy atom. The van der Waals surface area contributed by atoms with Crippen molar-refractivity contribution in [2.45, 2.75) is 19.9 Å². The molecular weight excluding hydrogens is 322 g/mol. The van der Waals surface area contributed by atoms with Crippen LogP contribution in [0.3, 0.4) is 0 Å². The van der Waals surface area contributed by atoms with Crippen LogP contribution in [0.4, 0.5) is 17.1 Å². The van der Waals surface area contributed by atoms with Crippen LogP contribution in [0.2, 0.25) is 0 Å². The summed E-state index contributed by atoms with van der Waals surface area (Å²) in [5.74, 6) is 0.128. The summed E-state index contributed by atoms with van der Waals surface area (Å²) in [7, 11) is 0. The van der Waals surface area contributed by atoms with Gasteiger partial charge < -0.3 is 15.1 Å². The van der Waals surface area contributed by atoms with Gasteiger partial charge in [0.25, 0.3) is 0 Å². The molecule has 0 bridgehead atoms. The zero-order valence-corrected chi connectivity index (χ0v) is 14.9. The van der Waals surface area contributed by atoms with Crippen molar-refractivity contribution in [3.05, 3.63) is 54.6 Å². The molecule has 1 heterocycles. The molecule has 2 aromatic rings. The Balaban J connectivity index is 0.00000208. The molecule has 128 valence electrons. The predicted octanol–water partition coefficient (Wildman–Crippen LogP) is 3.78. The van der Waals surface area contributed by atoms with E-state index >= 15 is 0 Å². The molecule has 1 aliphatic rings. The lowest BCUT2D eigenvalue weighted by Gasteiger charge is -2.34. The summed E-state index contributed by atoms with van der Waals surface area (Å²) >= 11 is 0. The minimum atomic E-state index is 0. The van der Waals surface area contributed by atoms with Crippen LogP contribution in [0.1, 0.15) is 13.8 Å². The van der Waals surface area contributed by atoms with Gasteiger partial charge in [-0.1, -0.05) is 30.3 Å². The van der Waals surface area contributed by atoms with Gasteiger partial charge in [-0.25, -0.2) is 0 Å².